The van der Waals surface area contributed by atoms with Gasteiger partial charge in [-0.15, -0.1) is 0 Å². The number of carbonyl (C=O) groups excluding carboxylic acids is 2. The molecule has 2 atom stereocenters. The molecule has 1 rings (SSSR count). The Morgan fingerprint density at radius 3 is 2.36 bits per heavy atom. The van der Waals surface area contributed by atoms with E-state index in [1.54, 1.807) is 13.1 Å². The molecule has 0 radical (unpaired) electrons. The Bertz CT molecular complexity index is 521. The fourth-order valence-electron chi connectivity index (χ4n) is 1.74. The average molecular weight is 305 g/mol. The molecule has 5 heteroatoms. The second-order valence-electron chi connectivity index (χ2n) is 5.18. The van der Waals surface area contributed by atoms with Gasteiger partial charge in [0.05, 0.1) is 0 Å². The topological polar surface area (TPSA) is 64.6 Å². The quantitative estimate of drug-likeness (QED) is 0.618. The number of hydrogen-bond acceptors (Lipinski definition) is 5. The fraction of sp³-hybridized carbons (Fsp3) is 0.412. The van der Waals surface area contributed by atoms with E-state index >= 15 is 0 Å². The molecule has 1 aromatic carbocycles. The largest absolute Gasteiger partial charge is 0.458 e. The SMILES string of the molecule is CN[C@@H](C=C(C)C)C(=O)O[C@H](C)C(=O)OCc1ccccc1. The van der Waals surface area contributed by atoms with Crippen molar-refractivity contribution in [1.82, 2.24) is 5.32 Å². The van der Waals surface area contributed by atoms with Crippen LogP contribution in [0.3, 0.4) is 0 Å². The minimum Gasteiger partial charge on any atom is -0.458 e. The number of allylic oxidation sites excluding steroid dienone is 1. The van der Waals surface area contributed by atoms with E-state index in [4.69, 9.17) is 9.47 Å². The maximum absolute atomic E-state index is 12.0. The van der Waals surface area contributed by atoms with E-state index in [1.165, 1.54) is 6.92 Å². The Balaban J connectivity index is 2.49. The summed E-state index contributed by atoms with van der Waals surface area (Å²) in [6.45, 7) is 5.43. The van der Waals surface area contributed by atoms with Crippen molar-refractivity contribution in [1.29, 1.82) is 0 Å². The summed E-state index contributed by atoms with van der Waals surface area (Å²) in [7, 11) is 1.66. The number of nitrogens with one attached hydrogen (secondary N) is 1. The Morgan fingerprint density at radius 2 is 1.82 bits per heavy atom. The Kier molecular flexibility index (Phi) is 7.32. The summed E-state index contributed by atoms with van der Waals surface area (Å²) in [6.07, 6.45) is 0.794. The standard InChI is InChI=1S/C17H23NO4/c1-12(2)10-15(18-4)17(20)22-13(3)16(19)21-11-14-8-6-5-7-9-14/h5-10,13,15,18H,11H2,1-4H3/t13-,15+/m1/s1. The molecule has 120 valence electrons. The van der Waals surface area contributed by atoms with Crippen molar-refractivity contribution in [2.75, 3.05) is 7.05 Å². The van der Waals surface area contributed by atoms with Crippen molar-refractivity contribution < 1.29 is 19.1 Å². The molecule has 0 bridgehead atoms. The molecule has 0 aliphatic rings. The van der Waals surface area contributed by atoms with Crippen LogP contribution >= 0.6 is 0 Å². The third-order valence-corrected chi connectivity index (χ3v) is 2.91. The van der Waals surface area contributed by atoms with Crippen LogP contribution in [0.2, 0.25) is 0 Å². The third kappa shape index (κ3) is 6.10. The predicted molar refractivity (Wildman–Crippen MR) is 84.1 cm³/mol. The summed E-state index contributed by atoms with van der Waals surface area (Å²) >= 11 is 0. The minimum atomic E-state index is -0.947. The first-order valence-electron chi connectivity index (χ1n) is 7.17. The van der Waals surface area contributed by atoms with Crippen LogP contribution < -0.4 is 5.32 Å². The number of ether oxygens (including phenoxy) is 2. The van der Waals surface area contributed by atoms with E-state index in [0.717, 1.165) is 11.1 Å². The molecule has 0 aliphatic heterocycles. The lowest BCUT2D eigenvalue weighted by Gasteiger charge is -2.16. The van der Waals surface area contributed by atoms with Gasteiger partial charge in [0.25, 0.3) is 0 Å². The lowest BCUT2D eigenvalue weighted by molar-refractivity contribution is -0.167. The molecular formula is C17H23NO4. The number of carbonyl (C=O) groups is 2. The number of likely N-dealkylation sites (N-methyl/N-ethyl adjacent to an activating group) is 1. The van der Waals surface area contributed by atoms with Gasteiger partial charge in [-0.2, -0.15) is 0 Å². The molecule has 0 fully saturated rings. The normalized spacial score (nSPS) is 12.9. The van der Waals surface area contributed by atoms with Gasteiger partial charge in [-0.05, 0) is 33.4 Å². The number of hydrogen-bond donors (Lipinski definition) is 1. The monoisotopic (exact) mass is 305 g/mol. The lowest BCUT2D eigenvalue weighted by atomic mass is 10.2. The molecule has 0 amide bonds. The van der Waals surface area contributed by atoms with Crippen molar-refractivity contribution in [2.45, 2.75) is 39.5 Å². The first-order valence-corrected chi connectivity index (χ1v) is 7.17. The van der Waals surface area contributed by atoms with Crippen molar-refractivity contribution in [2.24, 2.45) is 0 Å². The molecule has 0 unspecified atom stereocenters. The summed E-state index contributed by atoms with van der Waals surface area (Å²) in [5, 5.41) is 2.83. The Labute approximate surface area is 131 Å². The second kappa shape index (κ2) is 9.00. The van der Waals surface area contributed by atoms with Crippen molar-refractivity contribution in [3.63, 3.8) is 0 Å². The molecule has 1 N–H and O–H groups in total. The van der Waals surface area contributed by atoms with Crippen LogP contribution in [-0.2, 0) is 25.7 Å². The molecule has 0 spiro atoms. The summed E-state index contributed by atoms with van der Waals surface area (Å²) in [4.78, 5) is 23.8. The minimum absolute atomic E-state index is 0.158. The van der Waals surface area contributed by atoms with Crippen LogP contribution in [0.25, 0.3) is 0 Å². The molecule has 5 nitrogen and oxygen atoms in total. The van der Waals surface area contributed by atoms with Crippen LogP contribution in [0.5, 0.6) is 0 Å². The highest BCUT2D eigenvalue weighted by molar-refractivity contribution is 5.82. The zero-order valence-electron chi connectivity index (χ0n) is 13.5. The smallest absolute Gasteiger partial charge is 0.347 e. The third-order valence-electron chi connectivity index (χ3n) is 2.91. The predicted octanol–water partition coefficient (Wildman–Crippen LogP) is 2.22. The number of benzene rings is 1. The van der Waals surface area contributed by atoms with Gasteiger partial charge in [-0.3, -0.25) is 0 Å². The van der Waals surface area contributed by atoms with E-state index in [2.05, 4.69) is 5.32 Å². The van der Waals surface area contributed by atoms with Crippen molar-refractivity contribution in [3.8, 4) is 0 Å². The van der Waals surface area contributed by atoms with Gasteiger partial charge < -0.3 is 14.8 Å². The first-order chi connectivity index (χ1) is 10.4. The van der Waals surface area contributed by atoms with Crippen molar-refractivity contribution in [3.05, 3.63) is 47.5 Å². The zero-order chi connectivity index (χ0) is 16.5. The molecule has 1 aromatic rings. The molecular weight excluding hydrogens is 282 g/mol. The number of esters is 2. The van der Waals surface area contributed by atoms with E-state index in [9.17, 15) is 9.59 Å². The Hall–Kier alpha value is -2.14. The molecule has 0 aromatic heterocycles. The van der Waals surface area contributed by atoms with Crippen LogP contribution in [-0.4, -0.2) is 31.1 Å². The van der Waals surface area contributed by atoms with Gasteiger partial charge in [-0.1, -0.05) is 42.0 Å². The van der Waals surface area contributed by atoms with E-state index in [0.29, 0.717) is 0 Å². The summed E-state index contributed by atoms with van der Waals surface area (Å²) in [5.74, 6) is -1.07. The second-order valence-corrected chi connectivity index (χ2v) is 5.18. The molecule has 0 heterocycles. The summed E-state index contributed by atoms with van der Waals surface area (Å²) in [5.41, 5.74) is 1.86. The fourth-order valence-corrected chi connectivity index (χ4v) is 1.74. The summed E-state index contributed by atoms with van der Waals surface area (Å²) in [6, 6.07) is 8.75. The Morgan fingerprint density at radius 1 is 1.18 bits per heavy atom. The maximum Gasteiger partial charge on any atom is 0.347 e. The van der Waals surface area contributed by atoms with Crippen LogP contribution in [0.4, 0.5) is 0 Å². The highest BCUT2D eigenvalue weighted by Gasteiger charge is 2.23. The van der Waals surface area contributed by atoms with Gasteiger partial charge in [0, 0.05) is 0 Å². The molecule has 0 aliphatic carbocycles. The van der Waals surface area contributed by atoms with E-state index in [1.807, 2.05) is 44.2 Å². The maximum atomic E-state index is 12.0. The van der Waals surface area contributed by atoms with Gasteiger partial charge in [0.1, 0.15) is 12.6 Å². The van der Waals surface area contributed by atoms with Crippen LogP contribution in [0.15, 0.2) is 42.0 Å². The highest BCUT2D eigenvalue weighted by Crippen LogP contribution is 2.05. The first kappa shape index (κ1) is 17.9. The van der Waals surface area contributed by atoms with Gasteiger partial charge in [-0.25, -0.2) is 9.59 Å². The molecule has 0 saturated heterocycles. The van der Waals surface area contributed by atoms with Gasteiger partial charge in [0.15, 0.2) is 6.10 Å². The van der Waals surface area contributed by atoms with Gasteiger partial charge in [0.2, 0.25) is 0 Å². The number of rotatable bonds is 7. The van der Waals surface area contributed by atoms with Crippen LogP contribution in [0, 0.1) is 0 Å². The van der Waals surface area contributed by atoms with E-state index < -0.39 is 24.1 Å². The van der Waals surface area contributed by atoms with Crippen LogP contribution in [0.1, 0.15) is 26.3 Å². The molecule has 0 saturated carbocycles. The van der Waals surface area contributed by atoms with E-state index in [-0.39, 0.29) is 6.61 Å². The summed E-state index contributed by atoms with van der Waals surface area (Å²) < 4.78 is 10.3. The highest BCUT2D eigenvalue weighted by atomic mass is 16.6. The average Bonchev–Trinajstić information content (AvgIpc) is 2.50. The van der Waals surface area contributed by atoms with Crippen molar-refractivity contribution >= 4 is 11.9 Å². The lowest BCUT2D eigenvalue weighted by Crippen LogP contribution is -2.38. The van der Waals surface area contributed by atoms with Gasteiger partial charge >= 0.3 is 11.9 Å². The molecule has 22 heavy (non-hydrogen) atoms. The zero-order valence-corrected chi connectivity index (χ0v) is 13.5.